The van der Waals surface area contributed by atoms with Crippen LogP contribution in [-0.4, -0.2) is 54.8 Å². The summed E-state index contributed by atoms with van der Waals surface area (Å²) in [6, 6.07) is 9.40. The average Bonchev–Trinajstić information content (AvgIpc) is 3.10. The van der Waals surface area contributed by atoms with E-state index in [9.17, 15) is 4.79 Å². The third-order valence-electron chi connectivity index (χ3n) is 4.46. The Hall–Kier alpha value is -2.34. The van der Waals surface area contributed by atoms with Crippen molar-refractivity contribution >= 4 is 5.91 Å². The van der Waals surface area contributed by atoms with Crippen molar-refractivity contribution in [2.75, 3.05) is 33.8 Å². The number of nitrogens with zero attached hydrogens (tertiary/aromatic N) is 2. The molecule has 128 valence electrons. The van der Waals surface area contributed by atoms with Gasteiger partial charge >= 0.3 is 0 Å². The molecule has 0 spiro atoms. The van der Waals surface area contributed by atoms with Crippen molar-refractivity contribution in [3.8, 4) is 17.0 Å². The normalized spacial score (nSPS) is 18.3. The molecule has 1 aromatic heterocycles. The van der Waals surface area contributed by atoms with Crippen molar-refractivity contribution in [2.24, 2.45) is 5.92 Å². The molecule has 0 radical (unpaired) electrons. The number of carbonyl (C=O) groups is 1. The van der Waals surface area contributed by atoms with Crippen LogP contribution in [0, 0.1) is 5.92 Å². The molecule has 0 saturated carbocycles. The summed E-state index contributed by atoms with van der Waals surface area (Å²) in [6.07, 6.45) is 2.36. The summed E-state index contributed by atoms with van der Waals surface area (Å²) >= 11 is 0. The van der Waals surface area contributed by atoms with Gasteiger partial charge in [0.25, 0.3) is 5.91 Å². The minimum absolute atomic E-state index is 0.107. The fourth-order valence-corrected chi connectivity index (χ4v) is 3.14. The highest BCUT2D eigenvalue weighted by atomic mass is 16.5. The first-order valence-electron chi connectivity index (χ1n) is 8.32. The molecule has 6 nitrogen and oxygen atoms in total. The number of nitrogens with one attached hydrogen (secondary N) is 2. The maximum Gasteiger partial charge on any atom is 0.269 e. The number of likely N-dealkylation sites (tertiary alicyclic amines) is 1. The maximum absolute atomic E-state index is 12.3. The van der Waals surface area contributed by atoms with Crippen LogP contribution in [0.3, 0.4) is 0 Å². The third-order valence-corrected chi connectivity index (χ3v) is 4.46. The fraction of sp³-hybridized carbons (Fsp3) is 0.444. The zero-order valence-electron chi connectivity index (χ0n) is 14.2. The minimum Gasteiger partial charge on any atom is -0.497 e. The molecular weight excluding hydrogens is 304 g/mol. The van der Waals surface area contributed by atoms with Gasteiger partial charge < -0.3 is 15.0 Å². The van der Waals surface area contributed by atoms with Gasteiger partial charge in [0.2, 0.25) is 0 Å². The van der Waals surface area contributed by atoms with E-state index in [1.807, 2.05) is 24.3 Å². The summed E-state index contributed by atoms with van der Waals surface area (Å²) in [6.45, 7) is 2.89. The van der Waals surface area contributed by atoms with Gasteiger partial charge in [0, 0.05) is 18.7 Å². The first-order chi connectivity index (χ1) is 11.7. The monoisotopic (exact) mass is 328 g/mol. The van der Waals surface area contributed by atoms with Crippen LogP contribution in [0.25, 0.3) is 11.3 Å². The Bertz CT molecular complexity index is 698. The fourth-order valence-electron chi connectivity index (χ4n) is 3.14. The Kier molecular flexibility index (Phi) is 5.15. The number of H-pyrrole nitrogens is 1. The first kappa shape index (κ1) is 16.5. The lowest BCUT2D eigenvalue weighted by Gasteiger charge is -2.29. The standard InChI is InChI=1S/C18H24N4O2/c1-22-8-4-5-13(12-22)11-19-18(23)17-10-16(20-21-17)14-6-3-7-15(9-14)24-2/h3,6-7,9-10,13H,4-5,8,11-12H2,1-2H3,(H,19,23)(H,20,21). The van der Waals surface area contributed by atoms with E-state index in [1.54, 1.807) is 13.2 Å². The Balaban J connectivity index is 1.61. The molecule has 2 aromatic rings. The van der Waals surface area contributed by atoms with Crippen LogP contribution in [0.15, 0.2) is 30.3 Å². The van der Waals surface area contributed by atoms with Crippen LogP contribution < -0.4 is 10.1 Å². The second-order valence-electron chi connectivity index (χ2n) is 6.38. The van der Waals surface area contributed by atoms with Gasteiger partial charge in [-0.2, -0.15) is 5.10 Å². The molecule has 0 bridgehead atoms. The smallest absolute Gasteiger partial charge is 0.269 e. The quantitative estimate of drug-likeness (QED) is 0.882. The van der Waals surface area contributed by atoms with Crippen LogP contribution in [-0.2, 0) is 0 Å². The van der Waals surface area contributed by atoms with E-state index >= 15 is 0 Å². The lowest BCUT2D eigenvalue weighted by atomic mass is 9.98. The number of rotatable bonds is 5. The number of benzene rings is 1. The van der Waals surface area contributed by atoms with Crippen molar-refractivity contribution in [3.05, 3.63) is 36.0 Å². The summed E-state index contributed by atoms with van der Waals surface area (Å²) in [5.74, 6) is 1.18. The van der Waals surface area contributed by atoms with E-state index in [0.717, 1.165) is 30.1 Å². The summed E-state index contributed by atoms with van der Waals surface area (Å²) in [7, 11) is 3.76. The minimum atomic E-state index is -0.107. The molecule has 1 atom stereocenters. The van der Waals surface area contributed by atoms with E-state index < -0.39 is 0 Å². The van der Waals surface area contributed by atoms with E-state index in [-0.39, 0.29) is 5.91 Å². The molecule has 1 saturated heterocycles. The molecule has 1 aliphatic heterocycles. The number of aromatic amines is 1. The summed E-state index contributed by atoms with van der Waals surface area (Å²) in [4.78, 5) is 14.6. The largest absolute Gasteiger partial charge is 0.497 e. The van der Waals surface area contributed by atoms with Crippen molar-refractivity contribution in [1.82, 2.24) is 20.4 Å². The van der Waals surface area contributed by atoms with Crippen molar-refractivity contribution in [3.63, 3.8) is 0 Å². The Labute approximate surface area is 142 Å². The van der Waals surface area contributed by atoms with Crippen molar-refractivity contribution in [2.45, 2.75) is 12.8 Å². The Morgan fingerprint density at radius 3 is 3.12 bits per heavy atom. The molecule has 1 unspecified atom stereocenters. The number of methoxy groups -OCH3 is 1. The topological polar surface area (TPSA) is 70.2 Å². The van der Waals surface area contributed by atoms with E-state index in [0.29, 0.717) is 18.2 Å². The number of carbonyl (C=O) groups excluding carboxylic acids is 1. The van der Waals surface area contributed by atoms with Gasteiger partial charge in [0.05, 0.1) is 12.8 Å². The van der Waals surface area contributed by atoms with Gasteiger partial charge in [-0.1, -0.05) is 12.1 Å². The zero-order valence-corrected chi connectivity index (χ0v) is 14.2. The summed E-state index contributed by atoms with van der Waals surface area (Å²) in [5.41, 5.74) is 2.13. The highest BCUT2D eigenvalue weighted by Gasteiger charge is 2.18. The predicted molar refractivity (Wildman–Crippen MR) is 93.1 cm³/mol. The van der Waals surface area contributed by atoms with Crippen LogP contribution in [0.4, 0.5) is 0 Å². The lowest BCUT2D eigenvalue weighted by molar-refractivity contribution is 0.0932. The van der Waals surface area contributed by atoms with Gasteiger partial charge in [0.15, 0.2) is 0 Å². The predicted octanol–water partition coefficient (Wildman–Crippen LogP) is 2.16. The van der Waals surface area contributed by atoms with Gasteiger partial charge in [-0.3, -0.25) is 9.89 Å². The van der Waals surface area contributed by atoms with Gasteiger partial charge in [0.1, 0.15) is 11.4 Å². The molecule has 2 heterocycles. The second kappa shape index (κ2) is 7.49. The van der Waals surface area contributed by atoms with Crippen LogP contribution in [0.5, 0.6) is 5.75 Å². The molecule has 3 rings (SSSR count). The van der Waals surface area contributed by atoms with E-state index in [1.165, 1.54) is 12.8 Å². The van der Waals surface area contributed by atoms with Gasteiger partial charge in [-0.05, 0) is 50.6 Å². The molecule has 1 aromatic carbocycles. The molecule has 1 aliphatic rings. The summed E-state index contributed by atoms with van der Waals surface area (Å²) < 4.78 is 5.22. The van der Waals surface area contributed by atoms with Crippen molar-refractivity contribution in [1.29, 1.82) is 0 Å². The molecule has 2 N–H and O–H groups in total. The second-order valence-corrected chi connectivity index (χ2v) is 6.38. The number of piperidine rings is 1. The highest BCUT2D eigenvalue weighted by Crippen LogP contribution is 2.22. The molecule has 1 fully saturated rings. The lowest BCUT2D eigenvalue weighted by Crippen LogP contribution is -2.39. The Morgan fingerprint density at radius 2 is 2.33 bits per heavy atom. The number of amides is 1. The maximum atomic E-state index is 12.3. The summed E-state index contributed by atoms with van der Waals surface area (Å²) in [5, 5.41) is 10.1. The molecule has 6 heteroatoms. The molecular formula is C18H24N4O2. The van der Waals surface area contributed by atoms with E-state index in [2.05, 4.69) is 27.5 Å². The van der Waals surface area contributed by atoms with E-state index in [4.69, 9.17) is 4.74 Å². The van der Waals surface area contributed by atoms with Gasteiger partial charge in [-0.15, -0.1) is 0 Å². The van der Waals surface area contributed by atoms with Crippen molar-refractivity contribution < 1.29 is 9.53 Å². The van der Waals surface area contributed by atoms with Crippen LogP contribution in [0.2, 0.25) is 0 Å². The number of hydrogen-bond acceptors (Lipinski definition) is 4. The molecule has 24 heavy (non-hydrogen) atoms. The number of hydrogen-bond donors (Lipinski definition) is 2. The Morgan fingerprint density at radius 1 is 1.46 bits per heavy atom. The SMILES string of the molecule is COc1cccc(-c2cc(C(=O)NCC3CCCN(C)C3)[nH]n2)c1. The number of aromatic nitrogens is 2. The number of ether oxygens (including phenoxy) is 1. The zero-order chi connectivity index (χ0) is 16.9. The third kappa shape index (κ3) is 3.94. The molecule has 0 aliphatic carbocycles. The molecule has 1 amide bonds. The first-order valence-corrected chi connectivity index (χ1v) is 8.32. The van der Waals surface area contributed by atoms with Crippen LogP contribution >= 0.6 is 0 Å². The van der Waals surface area contributed by atoms with Gasteiger partial charge in [-0.25, -0.2) is 0 Å². The average molecular weight is 328 g/mol. The highest BCUT2D eigenvalue weighted by molar-refractivity contribution is 5.93. The van der Waals surface area contributed by atoms with Crippen LogP contribution in [0.1, 0.15) is 23.3 Å².